The lowest BCUT2D eigenvalue weighted by atomic mass is 10.0. The fraction of sp³-hybridized carbons (Fsp3) is 0.600. The predicted octanol–water partition coefficient (Wildman–Crippen LogP) is 4.74. The van der Waals surface area contributed by atoms with Gasteiger partial charge in [-0.3, -0.25) is 9.59 Å². The van der Waals surface area contributed by atoms with Gasteiger partial charge in [0, 0.05) is 36.6 Å². The van der Waals surface area contributed by atoms with Crippen LogP contribution in [0.25, 0.3) is 0 Å². The molecule has 2 aliphatic heterocycles. The maximum atomic E-state index is 13.9. The summed E-state index contributed by atoms with van der Waals surface area (Å²) in [5.41, 5.74) is -2.56. The third-order valence-corrected chi connectivity index (χ3v) is 7.52. The number of aromatic nitrogens is 2. The number of nitrogens with one attached hydrogen (secondary N) is 4. The SMILES string of the molecule is C[C@@H]1C[C@H](NC(=O)C(F)(F)COc2ncccc2C(F)(F)F)CCN1.C[C@H]1C[C@@H](NC(=O)C(F)(F)COc2ncccc2C(F)(F)F)CCN1. The molecule has 4 N–H and O–H groups in total. The normalized spacial score (nSPS) is 21.7. The Labute approximate surface area is 280 Å². The molecular weight excluding hydrogens is 698 g/mol. The highest BCUT2D eigenvalue weighted by atomic mass is 19.4. The number of pyridine rings is 2. The van der Waals surface area contributed by atoms with Crippen LogP contribution in [0.2, 0.25) is 0 Å². The zero-order valence-corrected chi connectivity index (χ0v) is 26.7. The van der Waals surface area contributed by atoms with Crippen molar-refractivity contribution in [2.75, 3.05) is 26.3 Å². The molecule has 20 heteroatoms. The van der Waals surface area contributed by atoms with E-state index in [2.05, 4.69) is 40.7 Å². The molecule has 2 aliphatic rings. The first-order chi connectivity index (χ1) is 23.2. The van der Waals surface area contributed by atoms with Gasteiger partial charge >= 0.3 is 24.2 Å². The Bertz CT molecular complexity index is 1320. The van der Waals surface area contributed by atoms with Crippen LogP contribution in [0.3, 0.4) is 0 Å². The zero-order valence-electron chi connectivity index (χ0n) is 26.7. The molecule has 280 valence electrons. The van der Waals surface area contributed by atoms with Gasteiger partial charge in [-0.2, -0.15) is 43.9 Å². The number of alkyl halides is 10. The standard InChI is InChI=1S/2C15H18F5N3O2/c2*1-9-7-10(4-6-21-9)23-13(24)14(16,17)8-25-12-11(15(18,19)20)3-2-5-22-12/h2*2-3,5,9-10,21H,4,6-8H2,1H3,(H,23,24)/t2*9-,10-/m10/s1. The van der Waals surface area contributed by atoms with Gasteiger partial charge in [-0.25, -0.2) is 9.97 Å². The Morgan fingerprint density at radius 3 is 1.38 bits per heavy atom. The highest BCUT2D eigenvalue weighted by molar-refractivity contribution is 5.84. The van der Waals surface area contributed by atoms with E-state index >= 15 is 0 Å². The summed E-state index contributed by atoms with van der Waals surface area (Å²) in [6, 6.07) is 2.66. The van der Waals surface area contributed by atoms with Gasteiger partial charge in [0.05, 0.1) is 0 Å². The highest BCUT2D eigenvalue weighted by Gasteiger charge is 2.44. The molecule has 2 amide bonds. The molecular formula is C30H36F10N6O4. The van der Waals surface area contributed by atoms with Crippen molar-refractivity contribution in [1.82, 2.24) is 31.2 Å². The van der Waals surface area contributed by atoms with Crippen molar-refractivity contribution in [3.8, 4) is 11.8 Å². The molecule has 0 bridgehead atoms. The summed E-state index contributed by atoms with van der Waals surface area (Å²) in [4.78, 5) is 30.1. The van der Waals surface area contributed by atoms with Crippen molar-refractivity contribution in [2.24, 2.45) is 0 Å². The number of hydrogen-bond donors (Lipinski definition) is 4. The van der Waals surface area contributed by atoms with Gasteiger partial charge in [-0.1, -0.05) is 0 Å². The summed E-state index contributed by atoms with van der Waals surface area (Å²) in [5, 5.41) is 10.7. The average Bonchev–Trinajstić information content (AvgIpc) is 3.02. The summed E-state index contributed by atoms with van der Waals surface area (Å²) in [5.74, 6) is -13.1. The van der Waals surface area contributed by atoms with Crippen molar-refractivity contribution in [2.45, 2.75) is 87.9 Å². The lowest BCUT2D eigenvalue weighted by Crippen LogP contribution is -2.52. The Morgan fingerprint density at radius 2 is 1.06 bits per heavy atom. The van der Waals surface area contributed by atoms with Crippen LogP contribution in [0, 0.1) is 0 Å². The van der Waals surface area contributed by atoms with Crippen molar-refractivity contribution in [3.05, 3.63) is 47.8 Å². The molecule has 4 atom stereocenters. The van der Waals surface area contributed by atoms with Crippen molar-refractivity contribution >= 4 is 11.8 Å². The second-order valence-corrected chi connectivity index (χ2v) is 11.8. The molecule has 4 rings (SSSR count). The van der Waals surface area contributed by atoms with Crippen LogP contribution in [0.4, 0.5) is 43.9 Å². The monoisotopic (exact) mass is 734 g/mol. The van der Waals surface area contributed by atoms with Crippen molar-refractivity contribution in [3.63, 3.8) is 0 Å². The summed E-state index contributed by atoms with van der Waals surface area (Å²) < 4.78 is 141. The van der Waals surface area contributed by atoms with Gasteiger partial charge in [-0.05, 0) is 76.9 Å². The quantitative estimate of drug-likeness (QED) is 0.258. The van der Waals surface area contributed by atoms with Gasteiger partial charge in [0.15, 0.2) is 13.2 Å². The van der Waals surface area contributed by atoms with Crippen molar-refractivity contribution in [1.29, 1.82) is 0 Å². The van der Waals surface area contributed by atoms with Gasteiger partial charge in [0.1, 0.15) is 11.1 Å². The number of hydrogen-bond acceptors (Lipinski definition) is 8. The zero-order chi connectivity index (χ0) is 37.3. The minimum atomic E-state index is -4.80. The molecule has 0 radical (unpaired) electrons. The molecule has 2 saturated heterocycles. The van der Waals surface area contributed by atoms with E-state index in [1.807, 2.05) is 13.8 Å². The maximum absolute atomic E-state index is 13.9. The van der Waals surface area contributed by atoms with Gasteiger partial charge < -0.3 is 30.7 Å². The van der Waals surface area contributed by atoms with Crippen molar-refractivity contribution < 1.29 is 63.0 Å². The number of carbonyl (C=O) groups excluding carboxylic acids is 2. The largest absolute Gasteiger partial charge is 0.470 e. The van der Waals surface area contributed by atoms with Crippen LogP contribution in [-0.4, -0.2) is 84.1 Å². The van der Waals surface area contributed by atoms with E-state index in [4.69, 9.17) is 0 Å². The first-order valence-electron chi connectivity index (χ1n) is 15.3. The van der Waals surface area contributed by atoms with E-state index in [0.717, 1.165) is 24.5 Å². The fourth-order valence-electron chi connectivity index (χ4n) is 5.00. The number of rotatable bonds is 10. The van der Waals surface area contributed by atoms with E-state index in [9.17, 15) is 53.5 Å². The molecule has 2 aromatic rings. The molecule has 0 spiro atoms. The summed E-state index contributed by atoms with van der Waals surface area (Å²) >= 11 is 0. The van der Waals surface area contributed by atoms with E-state index in [0.29, 0.717) is 50.9 Å². The predicted molar refractivity (Wildman–Crippen MR) is 157 cm³/mol. The fourth-order valence-corrected chi connectivity index (χ4v) is 5.00. The molecule has 2 fully saturated rings. The Hall–Kier alpha value is -3.94. The number of amides is 2. The second kappa shape index (κ2) is 16.8. The van der Waals surface area contributed by atoms with Gasteiger partial charge in [0.2, 0.25) is 11.8 Å². The van der Waals surface area contributed by atoms with Crippen LogP contribution >= 0.6 is 0 Å². The first kappa shape index (κ1) is 40.5. The Morgan fingerprint density at radius 1 is 0.700 bits per heavy atom. The van der Waals surface area contributed by atoms with E-state index in [1.54, 1.807) is 0 Å². The van der Waals surface area contributed by atoms with E-state index in [1.165, 1.54) is 0 Å². The third-order valence-electron chi connectivity index (χ3n) is 7.52. The van der Waals surface area contributed by atoms with Crippen LogP contribution in [0.15, 0.2) is 36.7 Å². The summed E-state index contributed by atoms with van der Waals surface area (Å²) in [6.45, 7) is 1.83. The number of carbonyl (C=O) groups is 2. The molecule has 50 heavy (non-hydrogen) atoms. The minimum absolute atomic E-state index is 0.0757. The first-order valence-corrected chi connectivity index (χ1v) is 15.3. The smallest absolute Gasteiger partial charge is 0.421 e. The molecule has 10 nitrogen and oxygen atoms in total. The number of ether oxygens (including phenoxy) is 2. The molecule has 4 heterocycles. The lowest BCUT2D eigenvalue weighted by molar-refractivity contribution is -0.152. The highest BCUT2D eigenvalue weighted by Crippen LogP contribution is 2.36. The molecule has 0 unspecified atom stereocenters. The summed E-state index contributed by atoms with van der Waals surface area (Å²) in [6.07, 6.45) is -5.67. The maximum Gasteiger partial charge on any atom is 0.421 e. The van der Waals surface area contributed by atoms with E-state index in [-0.39, 0.29) is 12.1 Å². The summed E-state index contributed by atoms with van der Waals surface area (Å²) in [7, 11) is 0. The second-order valence-electron chi connectivity index (χ2n) is 11.8. The number of halogens is 10. The van der Waals surface area contributed by atoms with E-state index < -0.39 is 84.2 Å². The van der Waals surface area contributed by atoms with Crippen LogP contribution < -0.4 is 30.7 Å². The number of piperidine rings is 2. The van der Waals surface area contributed by atoms with Gasteiger partial charge in [0.25, 0.3) is 11.8 Å². The third kappa shape index (κ3) is 12.1. The molecule has 0 aliphatic carbocycles. The topological polar surface area (TPSA) is 126 Å². The minimum Gasteiger partial charge on any atom is -0.470 e. The Balaban J connectivity index is 0.000000270. The molecule has 0 saturated carbocycles. The molecule has 0 aromatic carbocycles. The Kier molecular flexibility index (Phi) is 13.6. The average molecular weight is 735 g/mol. The van der Waals surface area contributed by atoms with Crippen LogP contribution in [0.1, 0.15) is 50.7 Å². The van der Waals surface area contributed by atoms with Gasteiger partial charge in [-0.15, -0.1) is 0 Å². The van der Waals surface area contributed by atoms with Crippen LogP contribution in [-0.2, 0) is 21.9 Å². The molecule has 2 aromatic heterocycles. The lowest BCUT2D eigenvalue weighted by Gasteiger charge is -2.29. The number of nitrogens with zero attached hydrogens (tertiary/aromatic N) is 2. The van der Waals surface area contributed by atoms with Crippen LogP contribution in [0.5, 0.6) is 11.8 Å².